The molecule has 0 saturated carbocycles. The molecule has 0 aromatic heterocycles. The molecule has 2 aliphatic rings. The highest BCUT2D eigenvalue weighted by atomic mass is 19.1. The Balaban J connectivity index is 1.27. The maximum atomic E-state index is 13.4. The standard InChI is InChI=1S/C23H27FN2O2/c1-28-23(27)19-9-11-25(12-10-19)14-17-5-7-18(8-6-17)20-15-26(16-20)22-4-2-3-21(24)13-22/h2-8,13,19-20H,9-12,14-16H2,1H3. The van der Waals surface area contributed by atoms with Crippen molar-refractivity contribution in [1.29, 1.82) is 0 Å². The summed E-state index contributed by atoms with van der Waals surface area (Å²) in [6.45, 7) is 4.67. The quantitative estimate of drug-likeness (QED) is 0.736. The van der Waals surface area contributed by atoms with Gasteiger partial charge in [0, 0.05) is 31.2 Å². The largest absolute Gasteiger partial charge is 0.469 e. The van der Waals surface area contributed by atoms with Gasteiger partial charge in [-0.05, 0) is 55.3 Å². The van der Waals surface area contributed by atoms with E-state index < -0.39 is 0 Å². The lowest BCUT2D eigenvalue weighted by atomic mass is 9.90. The number of carbonyl (C=O) groups excluding carboxylic acids is 1. The molecule has 0 aliphatic carbocycles. The molecule has 2 fully saturated rings. The molecule has 5 heteroatoms. The van der Waals surface area contributed by atoms with Crippen molar-refractivity contribution in [3.63, 3.8) is 0 Å². The predicted molar refractivity (Wildman–Crippen MR) is 108 cm³/mol. The fourth-order valence-electron chi connectivity index (χ4n) is 4.22. The highest BCUT2D eigenvalue weighted by molar-refractivity contribution is 5.72. The maximum absolute atomic E-state index is 13.4. The second kappa shape index (κ2) is 8.31. The molecule has 0 N–H and O–H groups in total. The number of carbonyl (C=O) groups is 1. The van der Waals surface area contributed by atoms with Crippen molar-refractivity contribution in [1.82, 2.24) is 4.90 Å². The first-order chi connectivity index (χ1) is 13.6. The van der Waals surface area contributed by atoms with E-state index in [0.29, 0.717) is 5.92 Å². The first kappa shape index (κ1) is 18.9. The summed E-state index contributed by atoms with van der Waals surface area (Å²) in [6.07, 6.45) is 1.76. The molecule has 2 aromatic rings. The van der Waals surface area contributed by atoms with E-state index in [-0.39, 0.29) is 17.7 Å². The highest BCUT2D eigenvalue weighted by Gasteiger charge is 2.29. The fourth-order valence-corrected chi connectivity index (χ4v) is 4.22. The number of esters is 1. The summed E-state index contributed by atoms with van der Waals surface area (Å²) in [5.41, 5.74) is 3.62. The van der Waals surface area contributed by atoms with Crippen molar-refractivity contribution < 1.29 is 13.9 Å². The van der Waals surface area contributed by atoms with Crippen molar-refractivity contribution in [3.8, 4) is 0 Å². The molecule has 148 valence electrons. The molecule has 2 aliphatic heterocycles. The number of likely N-dealkylation sites (tertiary alicyclic amines) is 1. The van der Waals surface area contributed by atoms with Gasteiger partial charge in [0.2, 0.25) is 0 Å². The van der Waals surface area contributed by atoms with Gasteiger partial charge in [0.1, 0.15) is 5.82 Å². The number of ether oxygens (including phenoxy) is 1. The molecule has 0 atom stereocenters. The maximum Gasteiger partial charge on any atom is 0.308 e. The van der Waals surface area contributed by atoms with Crippen LogP contribution >= 0.6 is 0 Å². The smallest absolute Gasteiger partial charge is 0.308 e. The van der Waals surface area contributed by atoms with Crippen LogP contribution in [0.15, 0.2) is 48.5 Å². The van der Waals surface area contributed by atoms with Crippen LogP contribution in [0.5, 0.6) is 0 Å². The van der Waals surface area contributed by atoms with E-state index >= 15 is 0 Å². The molecule has 0 unspecified atom stereocenters. The van der Waals surface area contributed by atoms with E-state index in [1.165, 1.54) is 24.3 Å². The molecule has 4 nitrogen and oxygen atoms in total. The van der Waals surface area contributed by atoms with Gasteiger partial charge in [-0.1, -0.05) is 30.3 Å². The van der Waals surface area contributed by atoms with Crippen molar-refractivity contribution >= 4 is 11.7 Å². The number of anilines is 1. The second-order valence-corrected chi connectivity index (χ2v) is 7.90. The normalized spacial score (nSPS) is 18.7. The fraction of sp³-hybridized carbons (Fsp3) is 0.435. The van der Waals surface area contributed by atoms with E-state index in [4.69, 9.17) is 4.74 Å². The summed E-state index contributed by atoms with van der Waals surface area (Å²) in [5, 5.41) is 0. The third-order valence-corrected chi connectivity index (χ3v) is 6.03. The number of benzene rings is 2. The molecule has 0 spiro atoms. The van der Waals surface area contributed by atoms with Crippen LogP contribution in [-0.4, -0.2) is 44.2 Å². The molecule has 4 rings (SSSR count). The van der Waals surface area contributed by atoms with Gasteiger partial charge in [0.15, 0.2) is 0 Å². The summed E-state index contributed by atoms with van der Waals surface area (Å²) in [6, 6.07) is 15.7. The Hall–Kier alpha value is -2.40. The number of hydrogen-bond donors (Lipinski definition) is 0. The lowest BCUT2D eigenvalue weighted by Crippen LogP contribution is -2.45. The molecule has 0 amide bonds. The number of rotatable bonds is 5. The lowest BCUT2D eigenvalue weighted by molar-refractivity contribution is -0.147. The van der Waals surface area contributed by atoms with E-state index in [2.05, 4.69) is 34.1 Å². The van der Waals surface area contributed by atoms with Crippen LogP contribution in [0, 0.1) is 11.7 Å². The minimum absolute atomic E-state index is 0.0586. The van der Waals surface area contributed by atoms with Crippen LogP contribution in [0.4, 0.5) is 10.1 Å². The average molecular weight is 382 g/mol. The molecule has 0 radical (unpaired) electrons. The minimum atomic E-state index is -0.180. The van der Waals surface area contributed by atoms with Gasteiger partial charge in [-0.3, -0.25) is 9.69 Å². The number of halogens is 1. The Morgan fingerprint density at radius 1 is 1.11 bits per heavy atom. The van der Waals surface area contributed by atoms with Crippen LogP contribution in [-0.2, 0) is 16.1 Å². The Bertz CT molecular complexity index is 810. The van der Waals surface area contributed by atoms with Crippen molar-refractivity contribution in [2.24, 2.45) is 5.92 Å². The van der Waals surface area contributed by atoms with Gasteiger partial charge >= 0.3 is 5.97 Å². The minimum Gasteiger partial charge on any atom is -0.469 e. The first-order valence-corrected chi connectivity index (χ1v) is 10.0. The van der Waals surface area contributed by atoms with Gasteiger partial charge in [0.25, 0.3) is 0 Å². The summed E-state index contributed by atoms with van der Waals surface area (Å²) in [7, 11) is 1.47. The van der Waals surface area contributed by atoms with Gasteiger partial charge in [-0.15, -0.1) is 0 Å². The Kier molecular flexibility index (Phi) is 5.62. The van der Waals surface area contributed by atoms with Gasteiger partial charge < -0.3 is 9.64 Å². The third-order valence-electron chi connectivity index (χ3n) is 6.03. The van der Waals surface area contributed by atoms with E-state index in [1.54, 1.807) is 12.1 Å². The molecule has 2 aromatic carbocycles. The third kappa shape index (κ3) is 4.20. The van der Waals surface area contributed by atoms with Crippen LogP contribution < -0.4 is 4.90 Å². The SMILES string of the molecule is COC(=O)C1CCN(Cc2ccc(C3CN(c4cccc(F)c4)C3)cc2)CC1. The Morgan fingerprint density at radius 3 is 2.46 bits per heavy atom. The first-order valence-electron chi connectivity index (χ1n) is 10.0. The molecule has 28 heavy (non-hydrogen) atoms. The molecule has 2 saturated heterocycles. The zero-order valence-corrected chi connectivity index (χ0v) is 16.3. The zero-order chi connectivity index (χ0) is 19.5. The van der Waals surface area contributed by atoms with E-state index in [9.17, 15) is 9.18 Å². The predicted octanol–water partition coefficient (Wildman–Crippen LogP) is 3.81. The van der Waals surface area contributed by atoms with E-state index in [1.807, 2.05) is 6.07 Å². The van der Waals surface area contributed by atoms with Crippen LogP contribution in [0.1, 0.15) is 29.9 Å². The van der Waals surface area contributed by atoms with Crippen LogP contribution in [0.2, 0.25) is 0 Å². The molecular weight excluding hydrogens is 355 g/mol. The van der Waals surface area contributed by atoms with Gasteiger partial charge in [-0.25, -0.2) is 4.39 Å². The average Bonchev–Trinajstić information content (AvgIpc) is 2.68. The van der Waals surface area contributed by atoms with E-state index in [0.717, 1.165) is 51.3 Å². The van der Waals surface area contributed by atoms with Gasteiger partial charge in [-0.2, -0.15) is 0 Å². The Labute approximate surface area is 165 Å². The Morgan fingerprint density at radius 2 is 1.82 bits per heavy atom. The number of nitrogens with zero attached hydrogens (tertiary/aromatic N) is 2. The van der Waals surface area contributed by atoms with Crippen LogP contribution in [0.3, 0.4) is 0 Å². The van der Waals surface area contributed by atoms with Gasteiger partial charge in [0.05, 0.1) is 13.0 Å². The monoisotopic (exact) mass is 382 g/mol. The molecule has 2 heterocycles. The highest BCUT2D eigenvalue weighted by Crippen LogP contribution is 2.32. The summed E-state index contributed by atoms with van der Waals surface area (Å²) in [4.78, 5) is 16.3. The van der Waals surface area contributed by atoms with Crippen molar-refractivity contribution in [3.05, 3.63) is 65.5 Å². The van der Waals surface area contributed by atoms with Crippen molar-refractivity contribution in [2.45, 2.75) is 25.3 Å². The summed E-state index contributed by atoms with van der Waals surface area (Å²) in [5.74, 6) is 0.314. The number of hydrogen-bond acceptors (Lipinski definition) is 4. The van der Waals surface area contributed by atoms with Crippen molar-refractivity contribution in [2.75, 3.05) is 38.2 Å². The molecular formula is C23H27FN2O2. The number of piperidine rings is 1. The second-order valence-electron chi connectivity index (χ2n) is 7.90. The summed E-state index contributed by atoms with van der Waals surface area (Å²) < 4.78 is 18.2. The lowest BCUT2D eigenvalue weighted by Gasteiger charge is -2.41. The topological polar surface area (TPSA) is 32.8 Å². The molecule has 0 bridgehead atoms. The zero-order valence-electron chi connectivity index (χ0n) is 16.3. The number of methoxy groups -OCH3 is 1. The van der Waals surface area contributed by atoms with Crippen LogP contribution in [0.25, 0.3) is 0 Å². The summed E-state index contributed by atoms with van der Waals surface area (Å²) >= 11 is 0.